The Hall–Kier alpha value is -1.69. The molecule has 0 amide bonds. The van der Waals surface area contributed by atoms with Crippen LogP contribution in [0.15, 0.2) is 18.2 Å². The monoisotopic (exact) mass is 254 g/mol. The van der Waals surface area contributed by atoms with Crippen LogP contribution >= 0.6 is 0 Å². The van der Waals surface area contributed by atoms with E-state index in [0.29, 0.717) is 12.2 Å². The SMILES string of the molecule is O=[N+]([O-])c1cc(F)ccc1NCC1CCCC1O. The number of nitrogens with zero attached hydrogens (tertiary/aromatic N) is 1. The highest BCUT2D eigenvalue weighted by atomic mass is 19.1. The van der Waals surface area contributed by atoms with E-state index < -0.39 is 10.7 Å². The molecule has 0 saturated heterocycles. The topological polar surface area (TPSA) is 75.4 Å². The molecule has 1 fully saturated rings. The third-order valence-electron chi connectivity index (χ3n) is 3.33. The molecule has 0 radical (unpaired) electrons. The minimum Gasteiger partial charge on any atom is -0.393 e. The lowest BCUT2D eigenvalue weighted by atomic mass is 10.1. The lowest BCUT2D eigenvalue weighted by molar-refractivity contribution is -0.384. The standard InChI is InChI=1S/C12H15FN2O3/c13-9-4-5-10(11(6-9)15(17)18)14-7-8-2-1-3-12(8)16/h4-6,8,12,14,16H,1-3,7H2. The maximum Gasteiger partial charge on any atom is 0.295 e. The van der Waals surface area contributed by atoms with Gasteiger partial charge in [-0.15, -0.1) is 0 Å². The number of benzene rings is 1. The molecule has 0 bridgehead atoms. The van der Waals surface area contributed by atoms with Gasteiger partial charge >= 0.3 is 0 Å². The number of hydrogen-bond acceptors (Lipinski definition) is 4. The average molecular weight is 254 g/mol. The number of halogens is 1. The van der Waals surface area contributed by atoms with Crippen LogP contribution in [0.1, 0.15) is 19.3 Å². The summed E-state index contributed by atoms with van der Waals surface area (Å²) in [5.74, 6) is -0.525. The molecular weight excluding hydrogens is 239 g/mol. The predicted molar refractivity (Wildman–Crippen MR) is 64.9 cm³/mol. The molecule has 1 saturated carbocycles. The quantitative estimate of drug-likeness (QED) is 0.638. The van der Waals surface area contributed by atoms with Gasteiger partial charge in [0, 0.05) is 12.5 Å². The number of nitro groups is 1. The van der Waals surface area contributed by atoms with Crippen molar-refractivity contribution in [3.8, 4) is 0 Å². The van der Waals surface area contributed by atoms with E-state index in [2.05, 4.69) is 5.32 Å². The minimum atomic E-state index is -0.631. The molecule has 0 aliphatic heterocycles. The van der Waals surface area contributed by atoms with Crippen LogP contribution in [0.5, 0.6) is 0 Å². The van der Waals surface area contributed by atoms with Gasteiger partial charge in [0.05, 0.1) is 17.1 Å². The minimum absolute atomic E-state index is 0.106. The first kappa shape index (κ1) is 12.8. The van der Waals surface area contributed by atoms with Crippen LogP contribution in [0, 0.1) is 21.8 Å². The van der Waals surface area contributed by atoms with Gasteiger partial charge in [-0.25, -0.2) is 4.39 Å². The third kappa shape index (κ3) is 2.76. The fourth-order valence-corrected chi connectivity index (χ4v) is 2.30. The molecule has 0 spiro atoms. The van der Waals surface area contributed by atoms with Crippen LogP contribution in [0.25, 0.3) is 0 Å². The molecule has 1 aliphatic carbocycles. The molecule has 1 aromatic carbocycles. The molecule has 6 heteroatoms. The highest BCUT2D eigenvalue weighted by Crippen LogP contribution is 2.29. The Kier molecular flexibility index (Phi) is 3.76. The van der Waals surface area contributed by atoms with Crippen molar-refractivity contribution in [3.05, 3.63) is 34.1 Å². The first-order chi connectivity index (χ1) is 8.58. The third-order valence-corrected chi connectivity index (χ3v) is 3.33. The van der Waals surface area contributed by atoms with Gasteiger partial charge in [-0.2, -0.15) is 0 Å². The summed E-state index contributed by atoms with van der Waals surface area (Å²) in [5, 5.41) is 23.4. The summed E-state index contributed by atoms with van der Waals surface area (Å²) in [4.78, 5) is 10.2. The number of anilines is 1. The fraction of sp³-hybridized carbons (Fsp3) is 0.500. The second-order valence-corrected chi connectivity index (χ2v) is 4.56. The number of hydrogen-bond donors (Lipinski definition) is 2. The maximum atomic E-state index is 12.9. The van der Waals surface area contributed by atoms with Crippen LogP contribution < -0.4 is 5.32 Å². The van der Waals surface area contributed by atoms with E-state index in [-0.39, 0.29) is 17.7 Å². The molecule has 2 N–H and O–H groups in total. The van der Waals surface area contributed by atoms with Crippen molar-refractivity contribution in [3.63, 3.8) is 0 Å². The van der Waals surface area contributed by atoms with Crippen molar-refractivity contribution in [1.82, 2.24) is 0 Å². The second kappa shape index (κ2) is 5.30. The number of aliphatic hydroxyl groups excluding tert-OH is 1. The fourth-order valence-electron chi connectivity index (χ4n) is 2.30. The van der Waals surface area contributed by atoms with Gasteiger partial charge in [-0.3, -0.25) is 10.1 Å². The van der Waals surface area contributed by atoms with E-state index >= 15 is 0 Å². The first-order valence-electron chi connectivity index (χ1n) is 5.94. The zero-order chi connectivity index (χ0) is 13.1. The number of nitrogens with one attached hydrogen (secondary N) is 1. The van der Waals surface area contributed by atoms with Crippen LogP contribution in [0.2, 0.25) is 0 Å². The van der Waals surface area contributed by atoms with Gasteiger partial charge in [-0.1, -0.05) is 6.42 Å². The van der Waals surface area contributed by atoms with Crippen molar-refractivity contribution in [2.24, 2.45) is 5.92 Å². The van der Waals surface area contributed by atoms with Gasteiger partial charge < -0.3 is 10.4 Å². The second-order valence-electron chi connectivity index (χ2n) is 4.56. The highest BCUT2D eigenvalue weighted by Gasteiger charge is 2.25. The molecule has 2 atom stereocenters. The Balaban J connectivity index is 2.06. The first-order valence-corrected chi connectivity index (χ1v) is 5.94. The van der Waals surface area contributed by atoms with E-state index in [1.54, 1.807) is 0 Å². The Morgan fingerprint density at radius 2 is 2.28 bits per heavy atom. The van der Waals surface area contributed by atoms with E-state index in [1.807, 2.05) is 0 Å². The summed E-state index contributed by atoms with van der Waals surface area (Å²) < 4.78 is 12.9. The molecule has 1 aromatic rings. The largest absolute Gasteiger partial charge is 0.393 e. The number of aliphatic hydroxyl groups is 1. The zero-order valence-corrected chi connectivity index (χ0v) is 9.80. The van der Waals surface area contributed by atoms with Gasteiger partial charge in [-0.05, 0) is 25.0 Å². The highest BCUT2D eigenvalue weighted by molar-refractivity contribution is 5.61. The summed E-state index contributed by atoms with van der Waals surface area (Å²) in [7, 11) is 0. The molecule has 2 rings (SSSR count). The average Bonchev–Trinajstić information content (AvgIpc) is 2.73. The molecule has 0 aromatic heterocycles. The molecule has 18 heavy (non-hydrogen) atoms. The summed E-state index contributed by atoms with van der Waals surface area (Å²) in [5.41, 5.74) is 0.0167. The summed E-state index contributed by atoms with van der Waals surface area (Å²) >= 11 is 0. The van der Waals surface area contributed by atoms with Crippen molar-refractivity contribution in [2.45, 2.75) is 25.4 Å². The van der Waals surface area contributed by atoms with Crippen molar-refractivity contribution < 1.29 is 14.4 Å². The van der Waals surface area contributed by atoms with Gasteiger partial charge in [0.2, 0.25) is 0 Å². The molecule has 5 nitrogen and oxygen atoms in total. The number of rotatable bonds is 4. The van der Waals surface area contributed by atoms with E-state index in [9.17, 15) is 19.6 Å². The van der Waals surface area contributed by atoms with Gasteiger partial charge in [0.15, 0.2) is 0 Å². The summed E-state index contributed by atoms with van der Waals surface area (Å²) in [6.07, 6.45) is 2.30. The molecular formula is C12H15FN2O3. The van der Waals surface area contributed by atoms with Crippen molar-refractivity contribution in [1.29, 1.82) is 0 Å². The van der Waals surface area contributed by atoms with Crippen LogP contribution in [0.4, 0.5) is 15.8 Å². The summed E-state index contributed by atoms with van der Waals surface area (Å²) in [6, 6.07) is 3.43. The van der Waals surface area contributed by atoms with Crippen LogP contribution in [-0.4, -0.2) is 22.7 Å². The molecule has 2 unspecified atom stereocenters. The Labute approximate surface area is 104 Å². The van der Waals surface area contributed by atoms with Crippen LogP contribution in [0.3, 0.4) is 0 Å². The lowest BCUT2D eigenvalue weighted by Crippen LogP contribution is -2.22. The normalized spacial score (nSPS) is 23.0. The van der Waals surface area contributed by atoms with E-state index in [0.717, 1.165) is 25.3 Å². The Bertz CT molecular complexity index is 453. The zero-order valence-electron chi connectivity index (χ0n) is 9.80. The molecule has 1 aliphatic rings. The van der Waals surface area contributed by atoms with Crippen molar-refractivity contribution in [2.75, 3.05) is 11.9 Å². The Morgan fingerprint density at radius 3 is 2.89 bits per heavy atom. The lowest BCUT2D eigenvalue weighted by Gasteiger charge is -2.15. The van der Waals surface area contributed by atoms with E-state index in [1.165, 1.54) is 12.1 Å². The van der Waals surface area contributed by atoms with E-state index in [4.69, 9.17) is 0 Å². The predicted octanol–water partition coefficient (Wildman–Crippen LogP) is 2.31. The Morgan fingerprint density at radius 1 is 1.50 bits per heavy atom. The summed E-state index contributed by atoms with van der Waals surface area (Å²) in [6.45, 7) is 0.466. The van der Waals surface area contributed by atoms with Crippen LogP contribution in [-0.2, 0) is 0 Å². The number of nitro benzene ring substituents is 1. The smallest absolute Gasteiger partial charge is 0.295 e. The maximum absolute atomic E-state index is 12.9. The molecule has 98 valence electrons. The molecule has 0 heterocycles. The van der Waals surface area contributed by atoms with Crippen molar-refractivity contribution >= 4 is 11.4 Å². The van der Waals surface area contributed by atoms with Gasteiger partial charge in [0.1, 0.15) is 11.5 Å². The van der Waals surface area contributed by atoms with Gasteiger partial charge in [0.25, 0.3) is 5.69 Å².